The molecule has 1 N–H and O–H groups in total. The molecule has 1 saturated heterocycles. The van der Waals surface area contributed by atoms with Crippen molar-refractivity contribution in [1.29, 1.82) is 0 Å². The molecule has 0 aromatic heterocycles. The number of thiocarbonyl (C=S) groups is 1. The number of benzene rings is 1. The van der Waals surface area contributed by atoms with Crippen molar-refractivity contribution in [3.05, 3.63) is 23.8 Å². The van der Waals surface area contributed by atoms with Gasteiger partial charge < -0.3 is 14.4 Å². The highest BCUT2D eigenvalue weighted by atomic mass is 32.1. The predicted molar refractivity (Wildman–Crippen MR) is 73.4 cm³/mol. The SMILES string of the molecule is O=C(NC(=S)N1CCCC1)c1ccc2c(c1)OCO2. The second kappa shape index (κ2) is 5.05. The first-order valence-corrected chi connectivity index (χ1v) is 6.65. The Morgan fingerprint density at radius 3 is 2.74 bits per heavy atom. The molecule has 100 valence electrons. The van der Waals surface area contributed by atoms with Gasteiger partial charge >= 0.3 is 0 Å². The lowest BCUT2D eigenvalue weighted by atomic mass is 10.2. The smallest absolute Gasteiger partial charge is 0.257 e. The molecule has 6 heteroatoms. The molecule has 0 aliphatic carbocycles. The molecule has 0 atom stereocenters. The van der Waals surface area contributed by atoms with Crippen LogP contribution in [0, 0.1) is 0 Å². The summed E-state index contributed by atoms with van der Waals surface area (Å²) in [5, 5.41) is 3.25. The molecule has 2 heterocycles. The van der Waals surface area contributed by atoms with Gasteiger partial charge in [0, 0.05) is 18.7 Å². The van der Waals surface area contributed by atoms with Crippen molar-refractivity contribution >= 4 is 23.2 Å². The predicted octanol–water partition coefficient (Wildman–Crippen LogP) is 1.53. The third-order valence-corrected chi connectivity index (χ3v) is 3.61. The average molecular weight is 278 g/mol. The summed E-state index contributed by atoms with van der Waals surface area (Å²) in [4.78, 5) is 14.1. The van der Waals surface area contributed by atoms with Gasteiger partial charge in [-0.3, -0.25) is 10.1 Å². The van der Waals surface area contributed by atoms with Crippen LogP contribution in [-0.4, -0.2) is 35.8 Å². The van der Waals surface area contributed by atoms with Gasteiger partial charge in [-0.15, -0.1) is 0 Å². The summed E-state index contributed by atoms with van der Waals surface area (Å²) in [6.45, 7) is 2.03. The zero-order chi connectivity index (χ0) is 13.2. The molecule has 1 aromatic carbocycles. The first-order chi connectivity index (χ1) is 9.24. The van der Waals surface area contributed by atoms with Crippen LogP contribution in [0.1, 0.15) is 23.2 Å². The van der Waals surface area contributed by atoms with E-state index in [1.165, 1.54) is 0 Å². The molecule has 0 unspecified atom stereocenters. The van der Waals surface area contributed by atoms with Crippen molar-refractivity contribution in [2.24, 2.45) is 0 Å². The summed E-state index contributed by atoms with van der Waals surface area (Å²) in [6.07, 6.45) is 2.25. The lowest BCUT2D eigenvalue weighted by Crippen LogP contribution is -2.41. The average Bonchev–Trinajstić information content (AvgIpc) is 3.09. The summed E-state index contributed by atoms with van der Waals surface area (Å²) in [5.41, 5.74) is 0.519. The van der Waals surface area contributed by atoms with Crippen molar-refractivity contribution in [2.75, 3.05) is 19.9 Å². The van der Waals surface area contributed by atoms with Gasteiger partial charge in [0.15, 0.2) is 16.6 Å². The maximum absolute atomic E-state index is 12.1. The standard InChI is InChI=1S/C13H14N2O3S/c16-12(14-13(19)15-5-1-2-6-15)9-3-4-10-11(7-9)18-8-17-10/h3-4,7H,1-2,5-6,8H2,(H,14,16,19). The first kappa shape index (κ1) is 12.2. The van der Waals surface area contributed by atoms with Crippen molar-refractivity contribution in [3.63, 3.8) is 0 Å². The van der Waals surface area contributed by atoms with Crippen LogP contribution in [0.4, 0.5) is 0 Å². The Kier molecular flexibility index (Phi) is 3.25. The maximum Gasteiger partial charge on any atom is 0.257 e. The van der Waals surface area contributed by atoms with E-state index in [-0.39, 0.29) is 12.7 Å². The molecule has 1 fully saturated rings. The number of fused-ring (bicyclic) bond motifs is 1. The summed E-state index contributed by atoms with van der Waals surface area (Å²) < 4.78 is 10.5. The number of amides is 1. The van der Waals surface area contributed by atoms with Gasteiger partial charge in [0.1, 0.15) is 0 Å². The van der Waals surface area contributed by atoms with Crippen LogP contribution in [-0.2, 0) is 0 Å². The Labute approximate surface area is 116 Å². The molecule has 0 bridgehead atoms. The maximum atomic E-state index is 12.1. The molecule has 1 aromatic rings. The molecule has 3 rings (SSSR count). The van der Waals surface area contributed by atoms with Crippen molar-refractivity contribution in [3.8, 4) is 11.5 Å². The molecular formula is C13H14N2O3S. The van der Waals surface area contributed by atoms with E-state index in [4.69, 9.17) is 21.7 Å². The number of carbonyl (C=O) groups excluding carboxylic acids is 1. The first-order valence-electron chi connectivity index (χ1n) is 6.24. The van der Waals surface area contributed by atoms with Gasteiger partial charge in [-0.25, -0.2) is 0 Å². The molecular weight excluding hydrogens is 264 g/mol. The minimum Gasteiger partial charge on any atom is -0.454 e. The van der Waals surface area contributed by atoms with Gasteiger partial charge in [0.05, 0.1) is 0 Å². The van der Waals surface area contributed by atoms with E-state index in [1.54, 1.807) is 18.2 Å². The minimum atomic E-state index is -0.213. The summed E-state index contributed by atoms with van der Waals surface area (Å²) in [6, 6.07) is 5.11. The van der Waals surface area contributed by atoms with Crippen LogP contribution >= 0.6 is 12.2 Å². The molecule has 0 saturated carbocycles. The highest BCUT2D eigenvalue weighted by molar-refractivity contribution is 7.80. The summed E-state index contributed by atoms with van der Waals surface area (Å²) >= 11 is 5.23. The van der Waals surface area contributed by atoms with Crippen LogP contribution in [0.3, 0.4) is 0 Å². The zero-order valence-corrected chi connectivity index (χ0v) is 11.2. The van der Waals surface area contributed by atoms with Gasteiger partial charge in [0.25, 0.3) is 5.91 Å². The molecule has 1 amide bonds. The number of rotatable bonds is 1. The Balaban J connectivity index is 1.68. The third-order valence-electron chi connectivity index (χ3n) is 3.25. The number of nitrogens with zero attached hydrogens (tertiary/aromatic N) is 1. The topological polar surface area (TPSA) is 50.8 Å². The van der Waals surface area contributed by atoms with E-state index in [9.17, 15) is 4.79 Å². The summed E-state index contributed by atoms with van der Waals surface area (Å²) in [5.74, 6) is 1.05. The van der Waals surface area contributed by atoms with Gasteiger partial charge in [-0.1, -0.05) is 0 Å². The summed E-state index contributed by atoms with van der Waals surface area (Å²) in [7, 11) is 0. The number of hydrogen-bond donors (Lipinski definition) is 1. The molecule has 0 spiro atoms. The number of carbonyl (C=O) groups is 1. The minimum absolute atomic E-state index is 0.201. The quantitative estimate of drug-likeness (QED) is 0.789. The van der Waals surface area contributed by atoms with E-state index in [1.807, 2.05) is 4.90 Å². The fraction of sp³-hybridized carbons (Fsp3) is 0.385. The fourth-order valence-electron chi connectivity index (χ4n) is 2.21. The molecule has 2 aliphatic rings. The van der Waals surface area contributed by atoms with Crippen LogP contribution < -0.4 is 14.8 Å². The molecule has 2 aliphatic heterocycles. The van der Waals surface area contributed by atoms with E-state index in [0.29, 0.717) is 22.2 Å². The van der Waals surface area contributed by atoms with Crippen molar-refractivity contribution in [2.45, 2.75) is 12.8 Å². The number of hydrogen-bond acceptors (Lipinski definition) is 4. The van der Waals surface area contributed by atoms with Crippen LogP contribution in [0.25, 0.3) is 0 Å². The Bertz CT molecular complexity index is 527. The monoisotopic (exact) mass is 278 g/mol. The van der Waals surface area contributed by atoms with Gasteiger partial charge in [-0.05, 0) is 43.3 Å². The lowest BCUT2D eigenvalue weighted by molar-refractivity contribution is 0.0973. The van der Waals surface area contributed by atoms with Crippen LogP contribution in [0.2, 0.25) is 0 Å². The Morgan fingerprint density at radius 2 is 1.95 bits per heavy atom. The molecule has 5 nitrogen and oxygen atoms in total. The second-order valence-corrected chi connectivity index (χ2v) is 4.91. The second-order valence-electron chi connectivity index (χ2n) is 4.52. The van der Waals surface area contributed by atoms with E-state index >= 15 is 0 Å². The normalized spacial score (nSPS) is 16.5. The Hall–Kier alpha value is -1.82. The zero-order valence-electron chi connectivity index (χ0n) is 10.3. The number of nitrogens with one attached hydrogen (secondary N) is 1. The molecule has 19 heavy (non-hydrogen) atoms. The highest BCUT2D eigenvalue weighted by Crippen LogP contribution is 2.32. The van der Waals surface area contributed by atoms with Crippen LogP contribution in [0.5, 0.6) is 11.5 Å². The fourth-order valence-corrected chi connectivity index (χ4v) is 2.48. The Morgan fingerprint density at radius 1 is 1.21 bits per heavy atom. The van der Waals surface area contributed by atoms with E-state index < -0.39 is 0 Å². The van der Waals surface area contributed by atoms with Crippen molar-refractivity contribution < 1.29 is 14.3 Å². The van der Waals surface area contributed by atoms with Crippen molar-refractivity contribution in [1.82, 2.24) is 10.2 Å². The van der Waals surface area contributed by atoms with Gasteiger partial charge in [0.2, 0.25) is 6.79 Å². The molecule has 0 radical (unpaired) electrons. The third kappa shape index (κ3) is 2.49. The van der Waals surface area contributed by atoms with Crippen LogP contribution in [0.15, 0.2) is 18.2 Å². The lowest BCUT2D eigenvalue weighted by Gasteiger charge is -2.18. The van der Waals surface area contributed by atoms with Gasteiger partial charge in [-0.2, -0.15) is 0 Å². The highest BCUT2D eigenvalue weighted by Gasteiger charge is 2.19. The largest absolute Gasteiger partial charge is 0.454 e. The number of likely N-dealkylation sites (tertiary alicyclic amines) is 1. The number of ether oxygens (including phenoxy) is 2. The van der Waals surface area contributed by atoms with E-state index in [0.717, 1.165) is 25.9 Å². The van der Waals surface area contributed by atoms with E-state index in [2.05, 4.69) is 5.32 Å².